The predicted molar refractivity (Wildman–Crippen MR) is 43.2 cm³/mol. The Labute approximate surface area is 68.4 Å². The summed E-state index contributed by atoms with van der Waals surface area (Å²) in [5.41, 5.74) is 0. The summed E-state index contributed by atoms with van der Waals surface area (Å²) in [6.07, 6.45) is 7.60. The highest BCUT2D eigenvalue weighted by molar-refractivity contribution is 5.73. The average molecular weight is 156 g/mol. The molecule has 0 unspecified atom stereocenters. The van der Waals surface area contributed by atoms with Crippen LogP contribution in [-0.2, 0) is 4.79 Å². The molecule has 0 bridgehead atoms. The third-order valence-electron chi connectivity index (χ3n) is 1.81. The number of nitrogens with zero attached hydrogens (tertiary/aromatic N) is 1. The number of rotatable bonds is 1. The third-order valence-corrected chi connectivity index (χ3v) is 1.81. The van der Waals surface area contributed by atoms with Crippen molar-refractivity contribution < 1.29 is 11.3 Å². The monoisotopic (exact) mass is 156 g/mol. The molecule has 0 amide bonds. The Morgan fingerprint density at radius 2 is 2.45 bits per heavy atom. The van der Waals surface area contributed by atoms with Crippen LogP contribution in [0.4, 0.5) is 0 Å². The summed E-state index contributed by atoms with van der Waals surface area (Å²) in [6.45, 7) is 0.928. The van der Waals surface area contributed by atoms with Gasteiger partial charge in [0, 0.05) is 0 Å². The van der Waals surface area contributed by atoms with Crippen LogP contribution in [0.15, 0.2) is 0 Å². The van der Waals surface area contributed by atoms with Crippen LogP contribution in [-0.4, -0.2) is 35.6 Å². The number of carboxylic acids is 1. The highest BCUT2D eigenvalue weighted by Gasteiger charge is 2.26. The molecule has 1 fully saturated rings. The fraction of sp³-hybridized carbons (Fsp3) is 0.625. The second-order valence-corrected chi connectivity index (χ2v) is 2.48. The van der Waals surface area contributed by atoms with Crippen molar-refractivity contribution in [2.45, 2.75) is 18.9 Å². The zero-order valence-electron chi connectivity index (χ0n) is 7.58. The van der Waals surface area contributed by atoms with Gasteiger partial charge in [0.2, 0.25) is 0 Å². The van der Waals surface area contributed by atoms with E-state index in [9.17, 15) is 4.79 Å². The van der Waals surface area contributed by atoms with E-state index < -0.39 is 5.97 Å². The molecule has 0 saturated carbocycles. The lowest BCUT2D eigenvalue weighted by atomic mass is 10.2. The minimum absolute atomic E-state index is 0.218. The SMILES string of the molecule is CN1CCC[C@@H]1C(=O)O.[2H]C#C. The van der Waals surface area contributed by atoms with Crippen molar-refractivity contribution in [2.24, 2.45) is 0 Å². The molecular weight excluding hydrogens is 142 g/mol. The van der Waals surface area contributed by atoms with Crippen molar-refractivity contribution in [1.29, 1.82) is 0 Å². The lowest BCUT2D eigenvalue weighted by Crippen LogP contribution is -2.32. The molecule has 1 aliphatic heterocycles. The van der Waals surface area contributed by atoms with E-state index in [-0.39, 0.29) is 6.04 Å². The number of carbonyl (C=O) groups is 1. The van der Waals surface area contributed by atoms with Gasteiger partial charge in [0.1, 0.15) is 7.41 Å². The van der Waals surface area contributed by atoms with Crippen LogP contribution < -0.4 is 0 Å². The third kappa shape index (κ3) is 2.60. The van der Waals surface area contributed by atoms with Crippen LogP contribution in [0.25, 0.3) is 0 Å². The number of hydrogen-bond acceptors (Lipinski definition) is 2. The second-order valence-electron chi connectivity index (χ2n) is 2.48. The molecule has 1 saturated heterocycles. The van der Waals surface area contributed by atoms with E-state index in [1.54, 1.807) is 0 Å². The summed E-state index contributed by atoms with van der Waals surface area (Å²) in [7, 11) is 1.85. The summed E-state index contributed by atoms with van der Waals surface area (Å²) in [6, 6.07) is -0.218. The molecular formula is C8H13NO2. The number of hydrogen-bond donors (Lipinski definition) is 1. The first-order valence-electron chi connectivity index (χ1n) is 3.93. The highest BCUT2D eigenvalue weighted by Crippen LogP contribution is 2.13. The van der Waals surface area contributed by atoms with Gasteiger partial charge in [-0.05, 0) is 26.4 Å². The molecule has 3 heteroatoms. The van der Waals surface area contributed by atoms with Crippen LogP contribution in [0.2, 0.25) is 0 Å². The second kappa shape index (κ2) is 4.75. The molecule has 0 spiro atoms. The smallest absolute Gasteiger partial charge is 0.320 e. The molecule has 11 heavy (non-hydrogen) atoms. The zero-order valence-corrected chi connectivity index (χ0v) is 6.58. The lowest BCUT2D eigenvalue weighted by molar-refractivity contribution is -0.141. The van der Waals surface area contributed by atoms with Crippen molar-refractivity contribution in [2.75, 3.05) is 13.6 Å². The fourth-order valence-electron chi connectivity index (χ4n) is 1.22. The van der Waals surface area contributed by atoms with Crippen LogP contribution in [0.1, 0.15) is 14.2 Å². The van der Waals surface area contributed by atoms with Crippen molar-refractivity contribution in [3.63, 3.8) is 0 Å². The molecule has 0 aromatic heterocycles. The maximum atomic E-state index is 10.4. The molecule has 0 aromatic rings. The Morgan fingerprint density at radius 3 is 2.64 bits per heavy atom. The van der Waals surface area contributed by atoms with Gasteiger partial charge in [0.25, 0.3) is 0 Å². The maximum absolute atomic E-state index is 10.4. The molecule has 0 aliphatic carbocycles. The maximum Gasteiger partial charge on any atom is 0.320 e. The molecule has 3 nitrogen and oxygen atoms in total. The minimum atomic E-state index is -0.685. The standard InChI is InChI=1S/C6H11NO2.C2H2/c1-7-4-2-3-5(7)6(8)9;1-2/h5H,2-4H2,1H3,(H,8,9);1-2H/t5-;/m1./s1/i;1D. The summed E-state index contributed by atoms with van der Waals surface area (Å²) in [4.78, 5) is 12.2. The molecule has 0 aromatic carbocycles. The Kier molecular flexibility index (Phi) is 3.49. The molecule has 1 N–H and O–H groups in total. The first-order valence-corrected chi connectivity index (χ1v) is 3.43. The van der Waals surface area contributed by atoms with Crippen LogP contribution in [0.5, 0.6) is 0 Å². The summed E-state index contributed by atoms with van der Waals surface area (Å²) >= 11 is 0. The molecule has 62 valence electrons. The Bertz CT molecular complexity index is 188. The largest absolute Gasteiger partial charge is 0.480 e. The van der Waals surface area contributed by atoms with E-state index in [0.29, 0.717) is 0 Å². The van der Waals surface area contributed by atoms with Gasteiger partial charge in [-0.3, -0.25) is 9.69 Å². The topological polar surface area (TPSA) is 40.5 Å². The van der Waals surface area contributed by atoms with Gasteiger partial charge in [0.05, 0.1) is 0 Å². The molecule has 1 heterocycles. The van der Waals surface area contributed by atoms with Crippen LogP contribution in [0, 0.1) is 12.8 Å². The first-order chi connectivity index (χ1) is 5.63. The van der Waals surface area contributed by atoms with Gasteiger partial charge in [-0.1, -0.05) is 0 Å². The van der Waals surface area contributed by atoms with Crippen molar-refractivity contribution >= 4 is 5.97 Å². The number of terminal acetylenes is 1. The van der Waals surface area contributed by atoms with Gasteiger partial charge in [-0.25, -0.2) is 0 Å². The van der Waals surface area contributed by atoms with E-state index in [4.69, 9.17) is 6.48 Å². The molecule has 1 aliphatic rings. The van der Waals surface area contributed by atoms with Gasteiger partial charge in [-0.15, -0.1) is 12.8 Å². The van der Waals surface area contributed by atoms with E-state index in [1.165, 1.54) is 6.40 Å². The number of aliphatic carboxylic acids is 1. The normalized spacial score (nSPS) is 24.4. The van der Waals surface area contributed by atoms with Crippen molar-refractivity contribution in [1.82, 2.24) is 4.90 Å². The van der Waals surface area contributed by atoms with Gasteiger partial charge >= 0.3 is 5.97 Å². The molecule has 1 rings (SSSR count). The zero-order chi connectivity index (χ0) is 9.56. The summed E-state index contributed by atoms with van der Waals surface area (Å²) < 4.78 is 5.74. The van der Waals surface area contributed by atoms with E-state index >= 15 is 0 Å². The van der Waals surface area contributed by atoms with Crippen LogP contribution >= 0.6 is 0 Å². The molecule has 0 radical (unpaired) electrons. The summed E-state index contributed by atoms with van der Waals surface area (Å²) in [5, 5.41) is 8.54. The van der Waals surface area contributed by atoms with Gasteiger partial charge < -0.3 is 5.11 Å². The molecule has 1 atom stereocenters. The number of carboxylic acid groups (broad SMARTS) is 1. The Balaban J connectivity index is 0.000000354. The quantitative estimate of drug-likeness (QED) is 0.559. The number of likely N-dealkylation sites (tertiary alicyclic amines) is 1. The van der Waals surface area contributed by atoms with E-state index in [0.717, 1.165) is 19.4 Å². The van der Waals surface area contributed by atoms with Gasteiger partial charge in [-0.2, -0.15) is 0 Å². The minimum Gasteiger partial charge on any atom is -0.480 e. The summed E-state index contributed by atoms with van der Waals surface area (Å²) in [5.74, 6) is -0.685. The van der Waals surface area contributed by atoms with E-state index in [2.05, 4.69) is 6.42 Å². The lowest BCUT2D eigenvalue weighted by Gasteiger charge is -2.13. The van der Waals surface area contributed by atoms with Gasteiger partial charge in [0.15, 0.2) is 0 Å². The average Bonchev–Trinajstić information content (AvgIpc) is 2.36. The van der Waals surface area contributed by atoms with E-state index in [1.807, 2.05) is 11.9 Å². The Hall–Kier alpha value is -1.01. The Morgan fingerprint density at radius 1 is 1.91 bits per heavy atom. The van der Waals surface area contributed by atoms with Crippen molar-refractivity contribution in [3.8, 4) is 12.8 Å². The first kappa shape index (κ1) is 8.09. The van der Waals surface area contributed by atoms with Crippen LogP contribution in [0.3, 0.4) is 0 Å². The highest BCUT2D eigenvalue weighted by atomic mass is 16.4. The predicted octanol–water partition coefficient (Wildman–Crippen LogP) is 0.415. The number of likely N-dealkylation sites (N-methyl/N-ethyl adjacent to an activating group) is 1. The van der Waals surface area contributed by atoms with Crippen molar-refractivity contribution in [3.05, 3.63) is 0 Å². The fourth-order valence-corrected chi connectivity index (χ4v) is 1.22.